The summed E-state index contributed by atoms with van der Waals surface area (Å²) in [5.74, 6) is 1.98. The van der Waals surface area contributed by atoms with Gasteiger partial charge in [0, 0.05) is 24.4 Å². The van der Waals surface area contributed by atoms with Crippen LogP contribution in [-0.2, 0) is 16.3 Å². The Morgan fingerprint density at radius 1 is 1.23 bits per heavy atom. The monoisotopic (exact) mass is 340 g/mol. The summed E-state index contributed by atoms with van der Waals surface area (Å²) >= 11 is 1.66. The van der Waals surface area contributed by atoms with Crippen LogP contribution in [-0.4, -0.2) is 49.5 Å². The summed E-state index contributed by atoms with van der Waals surface area (Å²) in [5.41, 5.74) is 6.82. The number of aryl methyl sites for hydroxylation is 2. The molecule has 2 aromatic rings. The molecule has 8 heteroatoms. The predicted molar refractivity (Wildman–Crippen MR) is 90.5 cm³/mol. The van der Waals surface area contributed by atoms with Gasteiger partial charge in [0.05, 0.1) is 16.9 Å². The molecule has 3 rings (SSSR count). The standard InChI is InChI=1S/C14H20N4O2S2/c1-9-10(2)21-14-12(9)13(16-11(17-14)3-4-15)18-5-7-22(19,20)8-6-18/h3-8,15H2,1-2H3. The summed E-state index contributed by atoms with van der Waals surface area (Å²) in [4.78, 5) is 13.6. The highest BCUT2D eigenvalue weighted by molar-refractivity contribution is 7.91. The largest absolute Gasteiger partial charge is 0.354 e. The first kappa shape index (κ1) is 15.6. The number of sulfone groups is 1. The zero-order valence-electron chi connectivity index (χ0n) is 12.8. The van der Waals surface area contributed by atoms with Crippen LogP contribution < -0.4 is 10.6 Å². The number of fused-ring (bicyclic) bond motifs is 1. The molecule has 1 saturated heterocycles. The molecule has 0 saturated carbocycles. The average Bonchev–Trinajstić information content (AvgIpc) is 2.74. The van der Waals surface area contributed by atoms with Crippen molar-refractivity contribution in [3.05, 3.63) is 16.3 Å². The van der Waals surface area contributed by atoms with Crippen LogP contribution >= 0.6 is 11.3 Å². The summed E-state index contributed by atoms with van der Waals surface area (Å²) in [7, 11) is -2.90. The maximum absolute atomic E-state index is 11.7. The Kier molecular flexibility index (Phi) is 4.09. The highest BCUT2D eigenvalue weighted by atomic mass is 32.2. The molecular weight excluding hydrogens is 320 g/mol. The first-order valence-electron chi connectivity index (χ1n) is 7.33. The average molecular weight is 340 g/mol. The molecule has 0 aromatic carbocycles. The van der Waals surface area contributed by atoms with Crippen molar-refractivity contribution in [2.75, 3.05) is 36.0 Å². The van der Waals surface area contributed by atoms with Crippen LogP contribution in [0, 0.1) is 13.8 Å². The third-order valence-corrected chi connectivity index (χ3v) is 6.78. The van der Waals surface area contributed by atoms with Crippen LogP contribution in [0.5, 0.6) is 0 Å². The van der Waals surface area contributed by atoms with Crippen molar-refractivity contribution in [1.29, 1.82) is 0 Å². The Bertz CT molecular complexity index is 800. The molecule has 22 heavy (non-hydrogen) atoms. The first-order chi connectivity index (χ1) is 10.4. The molecule has 0 spiro atoms. The lowest BCUT2D eigenvalue weighted by molar-refractivity contribution is 0.586. The number of hydrogen-bond donors (Lipinski definition) is 1. The Hall–Kier alpha value is -1.25. The molecule has 1 fully saturated rings. The highest BCUT2D eigenvalue weighted by Crippen LogP contribution is 2.35. The third kappa shape index (κ3) is 2.82. The summed E-state index contributed by atoms with van der Waals surface area (Å²) in [6.07, 6.45) is 0.630. The van der Waals surface area contributed by atoms with Gasteiger partial charge in [-0.25, -0.2) is 18.4 Å². The molecule has 0 amide bonds. The first-order valence-corrected chi connectivity index (χ1v) is 9.97. The van der Waals surface area contributed by atoms with E-state index in [9.17, 15) is 8.42 Å². The molecule has 120 valence electrons. The molecular formula is C14H20N4O2S2. The molecule has 1 aliphatic heterocycles. The zero-order valence-corrected chi connectivity index (χ0v) is 14.4. The lowest BCUT2D eigenvalue weighted by atomic mass is 10.2. The minimum atomic E-state index is -2.90. The van der Waals surface area contributed by atoms with Crippen molar-refractivity contribution >= 4 is 37.2 Å². The van der Waals surface area contributed by atoms with E-state index in [2.05, 4.69) is 28.7 Å². The second kappa shape index (κ2) is 5.75. The van der Waals surface area contributed by atoms with Crippen molar-refractivity contribution < 1.29 is 8.42 Å². The molecule has 2 aromatic heterocycles. The van der Waals surface area contributed by atoms with Gasteiger partial charge < -0.3 is 10.6 Å². The maximum atomic E-state index is 11.7. The quantitative estimate of drug-likeness (QED) is 0.898. The molecule has 6 nitrogen and oxygen atoms in total. The van der Waals surface area contributed by atoms with Gasteiger partial charge >= 0.3 is 0 Å². The van der Waals surface area contributed by atoms with E-state index >= 15 is 0 Å². The molecule has 0 bridgehead atoms. The molecule has 1 aliphatic rings. The van der Waals surface area contributed by atoms with Crippen LogP contribution in [0.1, 0.15) is 16.3 Å². The molecule has 0 atom stereocenters. The van der Waals surface area contributed by atoms with E-state index in [1.165, 1.54) is 10.4 Å². The van der Waals surface area contributed by atoms with Crippen molar-refractivity contribution in [1.82, 2.24) is 9.97 Å². The van der Waals surface area contributed by atoms with Gasteiger partial charge in [-0.3, -0.25) is 0 Å². The number of hydrogen-bond acceptors (Lipinski definition) is 7. The molecule has 0 radical (unpaired) electrons. The maximum Gasteiger partial charge on any atom is 0.153 e. The van der Waals surface area contributed by atoms with Crippen molar-refractivity contribution in [2.24, 2.45) is 5.73 Å². The number of anilines is 1. The minimum absolute atomic E-state index is 0.187. The lowest BCUT2D eigenvalue weighted by Gasteiger charge is -2.28. The fourth-order valence-electron chi connectivity index (χ4n) is 2.67. The lowest BCUT2D eigenvalue weighted by Crippen LogP contribution is -2.41. The number of nitrogens with zero attached hydrogens (tertiary/aromatic N) is 3. The zero-order chi connectivity index (χ0) is 15.9. The third-order valence-electron chi connectivity index (χ3n) is 4.07. The van der Waals surface area contributed by atoms with Gasteiger partial charge in [-0.05, 0) is 26.0 Å². The number of aromatic nitrogens is 2. The smallest absolute Gasteiger partial charge is 0.153 e. The van der Waals surface area contributed by atoms with E-state index in [1.807, 2.05) is 0 Å². The van der Waals surface area contributed by atoms with Gasteiger partial charge in [-0.1, -0.05) is 0 Å². The predicted octanol–water partition coefficient (Wildman–Crippen LogP) is 1.04. The normalized spacial score (nSPS) is 18.0. The van der Waals surface area contributed by atoms with Crippen LogP contribution in [0.25, 0.3) is 10.2 Å². The van der Waals surface area contributed by atoms with Crippen LogP contribution in [0.3, 0.4) is 0 Å². The van der Waals surface area contributed by atoms with Gasteiger partial charge in [-0.2, -0.15) is 0 Å². The van der Waals surface area contributed by atoms with E-state index in [0.29, 0.717) is 26.1 Å². The number of nitrogens with two attached hydrogens (primary N) is 1. The van der Waals surface area contributed by atoms with E-state index in [-0.39, 0.29) is 11.5 Å². The Morgan fingerprint density at radius 2 is 1.91 bits per heavy atom. The van der Waals surface area contributed by atoms with E-state index in [4.69, 9.17) is 5.73 Å². The van der Waals surface area contributed by atoms with Gasteiger partial charge in [0.15, 0.2) is 9.84 Å². The molecule has 0 unspecified atom stereocenters. The highest BCUT2D eigenvalue weighted by Gasteiger charge is 2.25. The summed E-state index contributed by atoms with van der Waals surface area (Å²) in [6.45, 7) is 5.64. The minimum Gasteiger partial charge on any atom is -0.354 e. The second-order valence-electron chi connectivity index (χ2n) is 5.60. The van der Waals surface area contributed by atoms with Gasteiger partial charge in [0.25, 0.3) is 0 Å². The fourth-order valence-corrected chi connectivity index (χ4v) is 4.91. The van der Waals surface area contributed by atoms with Gasteiger partial charge in [-0.15, -0.1) is 11.3 Å². The van der Waals surface area contributed by atoms with Crippen LogP contribution in [0.4, 0.5) is 5.82 Å². The summed E-state index contributed by atoms with van der Waals surface area (Å²) < 4.78 is 23.3. The van der Waals surface area contributed by atoms with Gasteiger partial charge in [0.2, 0.25) is 0 Å². The van der Waals surface area contributed by atoms with Gasteiger partial charge in [0.1, 0.15) is 16.5 Å². The topological polar surface area (TPSA) is 89.2 Å². The number of rotatable bonds is 3. The fraction of sp³-hybridized carbons (Fsp3) is 0.571. The Morgan fingerprint density at radius 3 is 2.55 bits per heavy atom. The molecule has 0 aliphatic carbocycles. The van der Waals surface area contributed by atoms with E-state index in [1.54, 1.807) is 11.3 Å². The van der Waals surface area contributed by atoms with Crippen molar-refractivity contribution in [3.8, 4) is 0 Å². The second-order valence-corrected chi connectivity index (χ2v) is 9.11. The van der Waals surface area contributed by atoms with E-state index in [0.717, 1.165) is 21.9 Å². The molecule has 3 heterocycles. The Balaban J connectivity index is 2.10. The van der Waals surface area contributed by atoms with E-state index < -0.39 is 9.84 Å². The van der Waals surface area contributed by atoms with Crippen molar-refractivity contribution in [3.63, 3.8) is 0 Å². The SMILES string of the molecule is Cc1sc2nc(CCN)nc(N3CCS(=O)(=O)CC3)c2c1C. The molecule has 2 N–H and O–H groups in total. The van der Waals surface area contributed by atoms with Crippen molar-refractivity contribution in [2.45, 2.75) is 20.3 Å². The summed E-state index contributed by atoms with van der Waals surface area (Å²) in [6, 6.07) is 0. The van der Waals surface area contributed by atoms with Crippen LogP contribution in [0.2, 0.25) is 0 Å². The number of thiophene rings is 1. The summed E-state index contributed by atoms with van der Waals surface area (Å²) in [5, 5.41) is 1.06. The van der Waals surface area contributed by atoms with Crippen LogP contribution in [0.15, 0.2) is 0 Å². The Labute approximate surface area is 134 Å².